The molecular weight excluding hydrogens is 201 g/mol. The predicted molar refractivity (Wildman–Crippen MR) is 49.0 cm³/mol. The van der Waals surface area contributed by atoms with Gasteiger partial charge < -0.3 is 5.73 Å². The van der Waals surface area contributed by atoms with Crippen LogP contribution < -0.4 is 11.2 Å². The van der Waals surface area contributed by atoms with E-state index in [1.54, 1.807) is 0 Å². The molecule has 1 rings (SSSR count). The van der Waals surface area contributed by atoms with E-state index < -0.39 is 11.7 Å². The third kappa shape index (κ3) is 2.09. The van der Waals surface area contributed by atoms with E-state index in [0.717, 1.165) is 6.07 Å². The molecule has 0 aliphatic heterocycles. The van der Waals surface area contributed by atoms with Gasteiger partial charge in [0.25, 0.3) is 0 Å². The first-order valence-corrected chi connectivity index (χ1v) is 3.83. The third-order valence-electron chi connectivity index (χ3n) is 1.66. The largest absolute Gasteiger partial charge is 0.418 e. The summed E-state index contributed by atoms with van der Waals surface area (Å²) in [5, 5.41) is 0.0408. The quantitative estimate of drug-likeness (QED) is 0.502. The van der Waals surface area contributed by atoms with E-state index in [1.807, 2.05) is 0 Å². The lowest BCUT2D eigenvalue weighted by Crippen LogP contribution is -2.18. The van der Waals surface area contributed by atoms with Gasteiger partial charge in [-0.25, -0.2) is 0 Å². The number of halogens is 4. The van der Waals surface area contributed by atoms with Gasteiger partial charge in [0, 0.05) is 10.7 Å². The Bertz CT molecular complexity index is 337. The number of benzene rings is 1. The summed E-state index contributed by atoms with van der Waals surface area (Å²) in [7, 11) is 1.48. The molecule has 0 amide bonds. The molecule has 13 heavy (non-hydrogen) atoms. The molecule has 1 aromatic rings. The van der Waals surface area contributed by atoms with Crippen LogP contribution in [0.2, 0.25) is 5.02 Å². The fourth-order valence-electron chi connectivity index (χ4n) is 0.989. The maximum atomic E-state index is 12.3. The van der Waals surface area contributed by atoms with Crippen LogP contribution in [0.5, 0.6) is 0 Å². The van der Waals surface area contributed by atoms with Crippen LogP contribution in [-0.2, 0) is 6.18 Å². The summed E-state index contributed by atoms with van der Waals surface area (Å²) in [6, 6.07) is 2.22. The lowest BCUT2D eigenvalue weighted by Gasteiger charge is -2.12. The molecule has 70 valence electrons. The van der Waals surface area contributed by atoms with Crippen molar-refractivity contribution >= 4 is 30.6 Å². The van der Waals surface area contributed by atoms with Gasteiger partial charge in [0.2, 0.25) is 0 Å². The van der Waals surface area contributed by atoms with Crippen LogP contribution in [0.3, 0.4) is 0 Å². The summed E-state index contributed by atoms with van der Waals surface area (Å²) >= 11 is 5.47. The monoisotopic (exact) mass is 207 g/mol. The first-order valence-electron chi connectivity index (χ1n) is 3.45. The van der Waals surface area contributed by atoms with Crippen molar-refractivity contribution in [2.24, 2.45) is 0 Å². The van der Waals surface area contributed by atoms with Crippen molar-refractivity contribution in [2.45, 2.75) is 6.18 Å². The summed E-state index contributed by atoms with van der Waals surface area (Å²) in [5.41, 5.74) is 4.45. The van der Waals surface area contributed by atoms with Crippen molar-refractivity contribution in [2.75, 3.05) is 5.73 Å². The minimum absolute atomic E-state index is 0.0408. The lowest BCUT2D eigenvalue weighted by molar-refractivity contribution is -0.136. The van der Waals surface area contributed by atoms with Gasteiger partial charge in [0.15, 0.2) is 0 Å². The Kier molecular flexibility index (Phi) is 2.48. The molecule has 0 fully saturated rings. The molecule has 0 saturated heterocycles. The van der Waals surface area contributed by atoms with E-state index in [9.17, 15) is 13.2 Å². The fraction of sp³-hybridized carbons (Fsp3) is 0.143. The maximum absolute atomic E-state index is 12.3. The summed E-state index contributed by atoms with van der Waals surface area (Å²) < 4.78 is 36.8. The van der Waals surface area contributed by atoms with Crippen molar-refractivity contribution in [3.05, 3.63) is 22.7 Å². The zero-order valence-corrected chi connectivity index (χ0v) is 7.50. The molecule has 0 bridgehead atoms. The maximum Gasteiger partial charge on any atom is 0.418 e. The molecule has 1 nitrogen and oxygen atoms in total. The van der Waals surface area contributed by atoms with Gasteiger partial charge in [-0.3, -0.25) is 0 Å². The Morgan fingerprint density at radius 3 is 2.31 bits per heavy atom. The number of rotatable bonds is 0. The third-order valence-corrected chi connectivity index (χ3v) is 1.88. The molecule has 6 heteroatoms. The molecule has 2 N–H and O–H groups in total. The molecule has 0 saturated carbocycles. The van der Waals surface area contributed by atoms with Crippen molar-refractivity contribution in [3.63, 3.8) is 0 Å². The Labute approximate surface area is 79.1 Å². The molecule has 0 atom stereocenters. The van der Waals surface area contributed by atoms with Crippen LogP contribution in [0.25, 0.3) is 0 Å². The average Bonchev–Trinajstić information content (AvgIpc) is 1.94. The van der Waals surface area contributed by atoms with Gasteiger partial charge in [-0.1, -0.05) is 17.1 Å². The smallest absolute Gasteiger partial charge is 0.399 e. The van der Waals surface area contributed by atoms with Gasteiger partial charge >= 0.3 is 6.18 Å². The van der Waals surface area contributed by atoms with Crippen LogP contribution >= 0.6 is 11.6 Å². The van der Waals surface area contributed by atoms with Gasteiger partial charge in [0.05, 0.1) is 5.56 Å². The minimum atomic E-state index is -4.44. The molecule has 0 aliphatic carbocycles. The van der Waals surface area contributed by atoms with Gasteiger partial charge in [-0.15, -0.1) is 0 Å². The Morgan fingerprint density at radius 2 is 1.85 bits per heavy atom. The van der Waals surface area contributed by atoms with E-state index in [0.29, 0.717) is 5.46 Å². The number of nitrogen functional groups attached to an aromatic ring is 1. The van der Waals surface area contributed by atoms with Crippen LogP contribution in [0.4, 0.5) is 18.9 Å². The van der Waals surface area contributed by atoms with E-state index in [4.69, 9.17) is 17.3 Å². The minimum Gasteiger partial charge on any atom is -0.399 e. The normalized spacial score (nSPS) is 11.7. The zero-order valence-electron chi connectivity index (χ0n) is 6.74. The van der Waals surface area contributed by atoms with Gasteiger partial charge in [-0.05, 0) is 12.1 Å². The number of anilines is 1. The topological polar surface area (TPSA) is 26.0 Å². The highest BCUT2D eigenvalue weighted by molar-refractivity contribution is 6.38. The molecule has 0 heterocycles. The van der Waals surface area contributed by atoms with Crippen LogP contribution in [0.1, 0.15) is 5.56 Å². The first kappa shape index (κ1) is 10.2. The number of alkyl halides is 3. The van der Waals surface area contributed by atoms with Crippen molar-refractivity contribution in [3.8, 4) is 0 Å². The van der Waals surface area contributed by atoms with E-state index in [2.05, 4.69) is 0 Å². The Hall–Kier alpha value is -0.835. The first-order chi connectivity index (χ1) is 5.82. The molecular formula is C7H6BClF3N. The van der Waals surface area contributed by atoms with E-state index in [1.165, 1.54) is 13.9 Å². The van der Waals surface area contributed by atoms with Gasteiger partial charge in [0.1, 0.15) is 7.85 Å². The lowest BCUT2D eigenvalue weighted by atomic mass is 9.91. The highest BCUT2D eigenvalue weighted by atomic mass is 35.5. The predicted octanol–water partition coefficient (Wildman–Crippen LogP) is 1.20. The number of hydrogen-bond acceptors (Lipinski definition) is 1. The van der Waals surface area contributed by atoms with Crippen LogP contribution in [0, 0.1) is 0 Å². The summed E-state index contributed by atoms with van der Waals surface area (Å²) in [4.78, 5) is 0. The molecule has 0 aliphatic rings. The van der Waals surface area contributed by atoms with Crippen molar-refractivity contribution in [1.29, 1.82) is 0 Å². The molecule has 0 aromatic heterocycles. The molecule has 0 radical (unpaired) electrons. The van der Waals surface area contributed by atoms with E-state index >= 15 is 0 Å². The highest BCUT2D eigenvalue weighted by Gasteiger charge is 2.33. The number of hydrogen-bond donors (Lipinski definition) is 1. The van der Waals surface area contributed by atoms with Gasteiger partial charge in [-0.2, -0.15) is 13.2 Å². The zero-order chi connectivity index (χ0) is 10.2. The number of nitrogens with two attached hydrogens (primary N) is 1. The average molecular weight is 207 g/mol. The van der Waals surface area contributed by atoms with Crippen molar-refractivity contribution < 1.29 is 13.2 Å². The fourth-order valence-corrected chi connectivity index (χ4v) is 1.26. The second-order valence-corrected chi connectivity index (χ2v) is 3.12. The van der Waals surface area contributed by atoms with Crippen LogP contribution in [0.15, 0.2) is 12.1 Å². The second-order valence-electron chi connectivity index (χ2n) is 2.68. The van der Waals surface area contributed by atoms with Crippen molar-refractivity contribution in [1.82, 2.24) is 0 Å². The summed E-state index contributed by atoms with van der Waals surface area (Å²) in [5.74, 6) is 0. The highest BCUT2D eigenvalue weighted by Crippen LogP contribution is 2.33. The SMILES string of the molecule is Bc1cc(Cl)cc(C(F)(F)F)c1N. The standard InChI is InChI=1S/C7H6BClF3N/c8-5-2-3(9)1-4(6(5)13)7(10,11)12/h1-2H,8,13H2. The van der Waals surface area contributed by atoms with E-state index in [-0.39, 0.29) is 10.7 Å². The Balaban J connectivity index is 3.37. The molecule has 0 unspecified atom stereocenters. The molecule has 1 aromatic carbocycles. The summed E-state index contributed by atoms with van der Waals surface area (Å²) in [6.45, 7) is 0. The molecule has 0 spiro atoms. The second kappa shape index (κ2) is 3.14. The Morgan fingerprint density at radius 1 is 1.31 bits per heavy atom. The van der Waals surface area contributed by atoms with Crippen LogP contribution in [-0.4, -0.2) is 7.85 Å². The summed E-state index contributed by atoms with van der Waals surface area (Å²) in [6.07, 6.45) is -4.44.